The second-order valence-electron chi connectivity index (χ2n) is 4.54. The Bertz CT molecular complexity index is 565. The fraction of sp³-hybridized carbons (Fsp3) is 0.235. The van der Waals surface area contributed by atoms with Gasteiger partial charge >= 0.3 is 0 Å². The van der Waals surface area contributed by atoms with Crippen LogP contribution in [0.1, 0.15) is 29.2 Å². The van der Waals surface area contributed by atoms with Crippen molar-refractivity contribution in [3.63, 3.8) is 0 Å². The second kappa shape index (κ2) is 6.72. The van der Waals surface area contributed by atoms with Gasteiger partial charge in [0.2, 0.25) is 0 Å². The average molecular weight is 250 g/mol. The van der Waals surface area contributed by atoms with E-state index in [1.54, 1.807) is 0 Å². The smallest absolute Gasteiger partial charge is 0.0995 e. The SMILES string of the molecule is CCc1ccc(CNCc2ccccc2C#N)cc1. The zero-order valence-corrected chi connectivity index (χ0v) is 11.2. The normalized spacial score (nSPS) is 10.1. The van der Waals surface area contributed by atoms with Crippen molar-refractivity contribution in [3.05, 3.63) is 70.8 Å². The number of nitrogens with one attached hydrogen (secondary N) is 1. The lowest BCUT2D eigenvalue weighted by Gasteiger charge is -2.07. The van der Waals surface area contributed by atoms with Gasteiger partial charge in [-0.2, -0.15) is 5.26 Å². The molecule has 0 bridgehead atoms. The maximum absolute atomic E-state index is 9.01. The van der Waals surface area contributed by atoms with Crippen LogP contribution in [-0.4, -0.2) is 0 Å². The molecule has 2 heteroatoms. The van der Waals surface area contributed by atoms with Gasteiger partial charge in [0, 0.05) is 13.1 Å². The Balaban J connectivity index is 1.91. The third-order valence-corrected chi connectivity index (χ3v) is 3.21. The highest BCUT2D eigenvalue weighted by molar-refractivity contribution is 5.37. The highest BCUT2D eigenvalue weighted by Gasteiger charge is 2.00. The van der Waals surface area contributed by atoms with Gasteiger partial charge in [0.25, 0.3) is 0 Å². The quantitative estimate of drug-likeness (QED) is 0.882. The lowest BCUT2D eigenvalue weighted by atomic mass is 10.1. The molecule has 0 atom stereocenters. The molecule has 0 aliphatic carbocycles. The van der Waals surface area contributed by atoms with E-state index in [2.05, 4.69) is 42.6 Å². The van der Waals surface area contributed by atoms with Crippen LogP contribution in [0, 0.1) is 11.3 Å². The summed E-state index contributed by atoms with van der Waals surface area (Å²) >= 11 is 0. The van der Waals surface area contributed by atoms with Gasteiger partial charge in [0.05, 0.1) is 11.6 Å². The van der Waals surface area contributed by atoms with Crippen molar-refractivity contribution in [2.45, 2.75) is 26.4 Å². The van der Waals surface area contributed by atoms with Crippen LogP contribution in [-0.2, 0) is 19.5 Å². The molecule has 19 heavy (non-hydrogen) atoms. The summed E-state index contributed by atoms with van der Waals surface area (Å²) in [5.41, 5.74) is 4.43. The van der Waals surface area contributed by atoms with E-state index in [0.29, 0.717) is 0 Å². The topological polar surface area (TPSA) is 35.8 Å². The summed E-state index contributed by atoms with van der Waals surface area (Å²) in [7, 11) is 0. The first-order chi connectivity index (χ1) is 9.33. The molecular formula is C17H18N2. The van der Waals surface area contributed by atoms with Crippen LogP contribution in [0.5, 0.6) is 0 Å². The van der Waals surface area contributed by atoms with Crippen molar-refractivity contribution in [1.82, 2.24) is 5.32 Å². The van der Waals surface area contributed by atoms with E-state index in [4.69, 9.17) is 5.26 Å². The number of aryl methyl sites for hydroxylation is 1. The molecule has 2 nitrogen and oxygen atoms in total. The molecule has 0 spiro atoms. The molecule has 0 heterocycles. The first kappa shape index (κ1) is 13.3. The summed E-state index contributed by atoms with van der Waals surface area (Å²) < 4.78 is 0. The van der Waals surface area contributed by atoms with Gasteiger partial charge in [-0.1, -0.05) is 49.4 Å². The number of hydrogen-bond donors (Lipinski definition) is 1. The van der Waals surface area contributed by atoms with Crippen LogP contribution in [0.2, 0.25) is 0 Å². The van der Waals surface area contributed by atoms with Crippen LogP contribution in [0.15, 0.2) is 48.5 Å². The molecule has 0 aromatic heterocycles. The standard InChI is InChI=1S/C17H18N2/c1-2-14-7-9-15(10-8-14)12-19-13-17-6-4-3-5-16(17)11-18/h3-10,19H,2,12-13H2,1H3. The van der Waals surface area contributed by atoms with Crippen LogP contribution in [0.3, 0.4) is 0 Å². The van der Waals surface area contributed by atoms with Gasteiger partial charge in [0.15, 0.2) is 0 Å². The maximum Gasteiger partial charge on any atom is 0.0995 e. The molecule has 2 aromatic carbocycles. The zero-order chi connectivity index (χ0) is 13.5. The summed E-state index contributed by atoms with van der Waals surface area (Å²) in [5, 5.41) is 12.4. The average Bonchev–Trinajstić information content (AvgIpc) is 2.48. The minimum Gasteiger partial charge on any atom is -0.309 e. The Morgan fingerprint density at radius 1 is 0.947 bits per heavy atom. The van der Waals surface area contributed by atoms with E-state index in [1.807, 2.05) is 24.3 Å². The summed E-state index contributed by atoms with van der Waals surface area (Å²) in [5.74, 6) is 0. The predicted octanol–water partition coefficient (Wildman–Crippen LogP) is 3.41. The monoisotopic (exact) mass is 250 g/mol. The van der Waals surface area contributed by atoms with Gasteiger partial charge in [-0.05, 0) is 29.2 Å². The summed E-state index contributed by atoms with van der Waals surface area (Å²) in [6.07, 6.45) is 1.07. The zero-order valence-electron chi connectivity index (χ0n) is 11.2. The molecule has 96 valence electrons. The van der Waals surface area contributed by atoms with Crippen molar-refractivity contribution in [3.8, 4) is 6.07 Å². The molecule has 0 fully saturated rings. The number of rotatable bonds is 5. The minimum absolute atomic E-state index is 0.721. The molecule has 0 radical (unpaired) electrons. The van der Waals surface area contributed by atoms with Crippen LogP contribution in [0.4, 0.5) is 0 Å². The van der Waals surface area contributed by atoms with E-state index < -0.39 is 0 Å². The Morgan fingerprint density at radius 3 is 2.32 bits per heavy atom. The molecular weight excluding hydrogens is 232 g/mol. The Morgan fingerprint density at radius 2 is 1.63 bits per heavy atom. The van der Waals surface area contributed by atoms with Crippen LogP contribution < -0.4 is 5.32 Å². The van der Waals surface area contributed by atoms with Gasteiger partial charge in [-0.3, -0.25) is 0 Å². The van der Waals surface area contributed by atoms with Crippen molar-refractivity contribution >= 4 is 0 Å². The number of hydrogen-bond acceptors (Lipinski definition) is 2. The van der Waals surface area contributed by atoms with Gasteiger partial charge < -0.3 is 5.32 Å². The highest BCUT2D eigenvalue weighted by atomic mass is 14.8. The van der Waals surface area contributed by atoms with Gasteiger partial charge in [-0.25, -0.2) is 0 Å². The molecule has 0 amide bonds. The van der Waals surface area contributed by atoms with Crippen molar-refractivity contribution in [1.29, 1.82) is 5.26 Å². The molecule has 0 aliphatic heterocycles. The Kier molecular flexibility index (Phi) is 4.72. The number of benzene rings is 2. The lowest BCUT2D eigenvalue weighted by molar-refractivity contribution is 0.692. The fourth-order valence-electron chi connectivity index (χ4n) is 2.02. The highest BCUT2D eigenvalue weighted by Crippen LogP contribution is 2.08. The van der Waals surface area contributed by atoms with Crippen molar-refractivity contribution < 1.29 is 0 Å². The van der Waals surface area contributed by atoms with E-state index in [-0.39, 0.29) is 0 Å². The summed E-state index contributed by atoms with van der Waals surface area (Å²) in [6.45, 7) is 3.70. The molecule has 0 aliphatic rings. The maximum atomic E-state index is 9.01. The number of nitriles is 1. The van der Waals surface area contributed by atoms with Crippen molar-refractivity contribution in [2.24, 2.45) is 0 Å². The second-order valence-corrected chi connectivity index (χ2v) is 4.54. The van der Waals surface area contributed by atoms with E-state index >= 15 is 0 Å². The molecule has 0 saturated heterocycles. The molecule has 1 N–H and O–H groups in total. The Hall–Kier alpha value is -2.11. The summed E-state index contributed by atoms with van der Waals surface area (Å²) in [4.78, 5) is 0. The predicted molar refractivity (Wildman–Crippen MR) is 77.5 cm³/mol. The Labute approximate surface area is 114 Å². The van der Waals surface area contributed by atoms with E-state index in [1.165, 1.54) is 11.1 Å². The third kappa shape index (κ3) is 3.67. The van der Waals surface area contributed by atoms with E-state index in [0.717, 1.165) is 30.6 Å². The molecule has 0 saturated carbocycles. The first-order valence-corrected chi connectivity index (χ1v) is 6.60. The summed E-state index contributed by atoms with van der Waals surface area (Å²) in [6, 6.07) is 18.6. The molecule has 2 aromatic rings. The van der Waals surface area contributed by atoms with Gasteiger partial charge in [0.1, 0.15) is 0 Å². The van der Waals surface area contributed by atoms with Gasteiger partial charge in [-0.15, -0.1) is 0 Å². The largest absolute Gasteiger partial charge is 0.309 e. The lowest BCUT2D eigenvalue weighted by Crippen LogP contribution is -2.13. The minimum atomic E-state index is 0.721. The van der Waals surface area contributed by atoms with Crippen molar-refractivity contribution in [2.75, 3.05) is 0 Å². The van der Waals surface area contributed by atoms with Crippen LogP contribution in [0.25, 0.3) is 0 Å². The third-order valence-electron chi connectivity index (χ3n) is 3.21. The fourth-order valence-corrected chi connectivity index (χ4v) is 2.02. The molecule has 2 rings (SSSR count). The first-order valence-electron chi connectivity index (χ1n) is 6.60. The number of nitrogens with zero attached hydrogens (tertiary/aromatic N) is 1. The van der Waals surface area contributed by atoms with Crippen LogP contribution >= 0.6 is 0 Å². The van der Waals surface area contributed by atoms with E-state index in [9.17, 15) is 0 Å². The molecule has 0 unspecified atom stereocenters.